The van der Waals surface area contributed by atoms with Gasteiger partial charge in [0.25, 0.3) is 0 Å². The summed E-state index contributed by atoms with van der Waals surface area (Å²) in [6, 6.07) is 0.302. The Morgan fingerprint density at radius 2 is 2.53 bits per heavy atom. The molecule has 1 atom stereocenters. The van der Waals surface area contributed by atoms with Crippen LogP contribution in [-0.4, -0.2) is 36.3 Å². The van der Waals surface area contributed by atoms with Crippen LogP contribution in [0.1, 0.15) is 6.42 Å². The lowest BCUT2D eigenvalue weighted by molar-refractivity contribution is 0.195. The Kier molecular flexibility index (Phi) is 3.37. The van der Waals surface area contributed by atoms with E-state index in [9.17, 15) is 0 Å². The van der Waals surface area contributed by atoms with Crippen LogP contribution in [0, 0.1) is 0 Å². The highest BCUT2D eigenvalue weighted by atomic mass is 79.9. The molecule has 1 saturated heterocycles. The lowest BCUT2D eigenvalue weighted by Crippen LogP contribution is -2.20. The highest BCUT2D eigenvalue weighted by Crippen LogP contribution is 2.22. The summed E-state index contributed by atoms with van der Waals surface area (Å²) in [7, 11) is 1.58. The molecule has 1 aliphatic heterocycles. The molecule has 1 N–H and O–H groups in total. The van der Waals surface area contributed by atoms with Crippen LogP contribution >= 0.6 is 15.9 Å². The Hall–Kier alpha value is -0.880. The second-order valence-electron chi connectivity index (χ2n) is 3.26. The molecule has 1 unspecified atom stereocenters. The third-order valence-electron chi connectivity index (χ3n) is 2.17. The fraction of sp³-hybridized carbons (Fsp3) is 0.556. The Labute approximate surface area is 96.3 Å². The Morgan fingerprint density at radius 3 is 3.20 bits per heavy atom. The average Bonchev–Trinajstić information content (AvgIpc) is 2.73. The SMILES string of the molecule is COc1nc(NC2CCOC2)ncc1Br. The lowest BCUT2D eigenvalue weighted by atomic mass is 10.3. The van der Waals surface area contributed by atoms with Crippen LogP contribution in [0.3, 0.4) is 0 Å². The minimum atomic E-state index is 0.302. The predicted molar refractivity (Wildman–Crippen MR) is 59.1 cm³/mol. The standard InChI is InChI=1S/C9H12BrN3O2/c1-14-8-7(10)4-11-9(13-8)12-6-2-3-15-5-6/h4,6H,2-3,5H2,1H3,(H,11,12,13). The van der Waals surface area contributed by atoms with Gasteiger partial charge in [-0.05, 0) is 22.4 Å². The molecule has 6 heteroatoms. The maximum absolute atomic E-state index is 5.25. The number of hydrogen-bond donors (Lipinski definition) is 1. The van der Waals surface area contributed by atoms with E-state index in [0.29, 0.717) is 24.5 Å². The van der Waals surface area contributed by atoms with Crippen LogP contribution in [0.25, 0.3) is 0 Å². The van der Waals surface area contributed by atoms with E-state index in [1.165, 1.54) is 0 Å². The molecule has 82 valence electrons. The van der Waals surface area contributed by atoms with Crippen molar-refractivity contribution in [3.05, 3.63) is 10.7 Å². The summed E-state index contributed by atoms with van der Waals surface area (Å²) in [5.41, 5.74) is 0. The molecule has 5 nitrogen and oxygen atoms in total. The summed E-state index contributed by atoms with van der Waals surface area (Å²) in [5, 5.41) is 3.19. The van der Waals surface area contributed by atoms with Crippen molar-refractivity contribution in [2.24, 2.45) is 0 Å². The number of hydrogen-bond acceptors (Lipinski definition) is 5. The molecule has 1 fully saturated rings. The van der Waals surface area contributed by atoms with Gasteiger partial charge >= 0.3 is 0 Å². The number of nitrogens with one attached hydrogen (secondary N) is 1. The summed E-state index contributed by atoms with van der Waals surface area (Å²) in [4.78, 5) is 8.35. The van der Waals surface area contributed by atoms with Gasteiger partial charge in [0.05, 0.1) is 30.4 Å². The van der Waals surface area contributed by atoms with Crippen LogP contribution in [0.15, 0.2) is 10.7 Å². The fourth-order valence-corrected chi connectivity index (χ4v) is 1.75. The Morgan fingerprint density at radius 1 is 1.67 bits per heavy atom. The third kappa shape index (κ3) is 2.57. The molecular weight excluding hydrogens is 262 g/mol. The van der Waals surface area contributed by atoms with E-state index in [2.05, 4.69) is 31.2 Å². The zero-order chi connectivity index (χ0) is 10.7. The van der Waals surface area contributed by atoms with Crippen LogP contribution < -0.4 is 10.1 Å². The summed E-state index contributed by atoms with van der Waals surface area (Å²) in [5.74, 6) is 1.11. The maximum Gasteiger partial charge on any atom is 0.232 e. The normalized spacial score (nSPS) is 20.3. The van der Waals surface area contributed by atoms with Gasteiger partial charge in [-0.15, -0.1) is 0 Å². The summed E-state index contributed by atoms with van der Waals surface area (Å²) in [6.07, 6.45) is 2.66. The Bertz CT molecular complexity index is 342. The topological polar surface area (TPSA) is 56.3 Å². The highest BCUT2D eigenvalue weighted by molar-refractivity contribution is 9.10. The predicted octanol–water partition coefficient (Wildman–Crippen LogP) is 1.45. The molecule has 0 bridgehead atoms. The van der Waals surface area contributed by atoms with Crippen molar-refractivity contribution < 1.29 is 9.47 Å². The molecular formula is C9H12BrN3O2. The molecule has 0 amide bonds. The van der Waals surface area contributed by atoms with Crippen molar-refractivity contribution in [3.63, 3.8) is 0 Å². The minimum Gasteiger partial charge on any atom is -0.480 e. The monoisotopic (exact) mass is 273 g/mol. The van der Waals surface area contributed by atoms with Gasteiger partial charge in [0, 0.05) is 6.61 Å². The number of ether oxygens (including phenoxy) is 2. The maximum atomic E-state index is 5.25. The molecule has 2 heterocycles. The first-order valence-corrected chi connectivity index (χ1v) is 5.49. The van der Waals surface area contributed by atoms with E-state index < -0.39 is 0 Å². The number of halogens is 1. The van der Waals surface area contributed by atoms with Gasteiger partial charge in [-0.25, -0.2) is 4.98 Å². The molecule has 0 radical (unpaired) electrons. The molecule has 0 spiro atoms. The molecule has 15 heavy (non-hydrogen) atoms. The van der Waals surface area contributed by atoms with E-state index in [4.69, 9.17) is 9.47 Å². The van der Waals surface area contributed by atoms with Crippen LogP contribution in [-0.2, 0) is 4.74 Å². The van der Waals surface area contributed by atoms with Crippen molar-refractivity contribution >= 4 is 21.9 Å². The van der Waals surface area contributed by atoms with Crippen molar-refractivity contribution in [2.45, 2.75) is 12.5 Å². The molecule has 0 aromatic carbocycles. The van der Waals surface area contributed by atoms with Gasteiger partial charge in [-0.3, -0.25) is 0 Å². The van der Waals surface area contributed by atoms with E-state index in [-0.39, 0.29) is 0 Å². The van der Waals surface area contributed by atoms with Gasteiger partial charge in [0.1, 0.15) is 0 Å². The first-order valence-electron chi connectivity index (χ1n) is 4.70. The van der Waals surface area contributed by atoms with Crippen molar-refractivity contribution in [3.8, 4) is 5.88 Å². The minimum absolute atomic E-state index is 0.302. The second-order valence-corrected chi connectivity index (χ2v) is 4.11. The van der Waals surface area contributed by atoms with E-state index in [1.54, 1.807) is 13.3 Å². The van der Waals surface area contributed by atoms with Gasteiger partial charge in [0.2, 0.25) is 11.8 Å². The quantitative estimate of drug-likeness (QED) is 0.904. The van der Waals surface area contributed by atoms with Crippen LogP contribution in [0.5, 0.6) is 5.88 Å². The van der Waals surface area contributed by atoms with Crippen molar-refractivity contribution in [2.75, 3.05) is 25.6 Å². The summed E-state index contributed by atoms with van der Waals surface area (Å²) < 4.78 is 11.1. The average molecular weight is 274 g/mol. The number of aromatic nitrogens is 2. The molecule has 2 rings (SSSR count). The summed E-state index contributed by atoms with van der Waals surface area (Å²) >= 11 is 3.30. The van der Waals surface area contributed by atoms with E-state index >= 15 is 0 Å². The first kappa shape index (κ1) is 10.6. The number of anilines is 1. The lowest BCUT2D eigenvalue weighted by Gasteiger charge is -2.11. The number of rotatable bonds is 3. The molecule has 1 aliphatic rings. The van der Waals surface area contributed by atoms with Gasteiger partial charge in [-0.2, -0.15) is 4.98 Å². The molecule has 1 aromatic heterocycles. The molecule has 1 aromatic rings. The Balaban J connectivity index is 2.07. The fourth-order valence-electron chi connectivity index (χ4n) is 1.40. The smallest absolute Gasteiger partial charge is 0.232 e. The van der Waals surface area contributed by atoms with Gasteiger partial charge in [-0.1, -0.05) is 0 Å². The van der Waals surface area contributed by atoms with E-state index in [1.807, 2.05) is 0 Å². The molecule has 0 aliphatic carbocycles. The zero-order valence-corrected chi connectivity index (χ0v) is 9.95. The summed E-state index contributed by atoms with van der Waals surface area (Å²) in [6.45, 7) is 1.51. The third-order valence-corrected chi connectivity index (χ3v) is 2.71. The van der Waals surface area contributed by atoms with E-state index in [0.717, 1.165) is 17.5 Å². The first-order chi connectivity index (χ1) is 7.29. The zero-order valence-electron chi connectivity index (χ0n) is 8.36. The highest BCUT2D eigenvalue weighted by Gasteiger charge is 2.16. The van der Waals surface area contributed by atoms with Crippen molar-refractivity contribution in [1.29, 1.82) is 0 Å². The largest absolute Gasteiger partial charge is 0.480 e. The number of nitrogens with zero attached hydrogens (tertiary/aromatic N) is 2. The van der Waals surface area contributed by atoms with Gasteiger partial charge < -0.3 is 14.8 Å². The van der Waals surface area contributed by atoms with Gasteiger partial charge in [0.15, 0.2) is 0 Å². The second kappa shape index (κ2) is 4.76. The van der Waals surface area contributed by atoms with Crippen molar-refractivity contribution in [1.82, 2.24) is 9.97 Å². The number of methoxy groups -OCH3 is 1. The van der Waals surface area contributed by atoms with Crippen LogP contribution in [0.4, 0.5) is 5.95 Å². The van der Waals surface area contributed by atoms with Crippen LogP contribution in [0.2, 0.25) is 0 Å². The molecule has 0 saturated carbocycles.